The second-order valence-corrected chi connectivity index (χ2v) is 6.80. The van der Waals surface area contributed by atoms with Gasteiger partial charge >= 0.3 is 0 Å². The van der Waals surface area contributed by atoms with Gasteiger partial charge in [0.05, 0.1) is 0 Å². The molecule has 2 unspecified atom stereocenters. The molecule has 6 nitrogen and oxygen atoms in total. The third-order valence-electron chi connectivity index (χ3n) is 5.04. The van der Waals surface area contributed by atoms with E-state index in [1.807, 2.05) is 18.2 Å². The number of guanidine groups is 1. The fourth-order valence-corrected chi connectivity index (χ4v) is 3.91. The molecule has 0 spiro atoms. The SMILES string of the molecule is CN1CCC(n2c3ccccc3c3ccc(C(O)N=C(N)N)cc32)C1. The largest absolute Gasteiger partial charge is 0.370 e. The molecule has 4 rings (SSSR count). The number of likely N-dealkylation sites (N-methyl/N-ethyl adjacent to an activating group) is 1. The third-order valence-corrected chi connectivity index (χ3v) is 5.04. The molecule has 1 aliphatic heterocycles. The van der Waals surface area contributed by atoms with Crippen LogP contribution in [0.2, 0.25) is 0 Å². The van der Waals surface area contributed by atoms with Crippen molar-refractivity contribution in [1.29, 1.82) is 0 Å². The summed E-state index contributed by atoms with van der Waals surface area (Å²) >= 11 is 0. The van der Waals surface area contributed by atoms with Gasteiger partial charge in [-0.3, -0.25) is 0 Å². The summed E-state index contributed by atoms with van der Waals surface area (Å²) in [5.74, 6) is -0.120. The second-order valence-electron chi connectivity index (χ2n) is 6.80. The number of aliphatic hydroxyl groups is 1. The van der Waals surface area contributed by atoms with E-state index in [1.165, 1.54) is 16.3 Å². The second kappa shape index (κ2) is 6.06. The van der Waals surface area contributed by atoms with Gasteiger partial charge in [-0.2, -0.15) is 0 Å². The van der Waals surface area contributed by atoms with Crippen LogP contribution in [0.3, 0.4) is 0 Å². The van der Waals surface area contributed by atoms with Crippen LogP contribution in [0.15, 0.2) is 47.5 Å². The first kappa shape index (κ1) is 15.9. The van der Waals surface area contributed by atoms with Crippen LogP contribution >= 0.6 is 0 Å². The number of aliphatic hydroxyl groups excluding tert-OH is 1. The van der Waals surface area contributed by atoms with E-state index < -0.39 is 6.23 Å². The summed E-state index contributed by atoms with van der Waals surface area (Å²) in [5.41, 5.74) is 13.8. The smallest absolute Gasteiger partial charge is 0.188 e. The van der Waals surface area contributed by atoms with E-state index >= 15 is 0 Å². The van der Waals surface area contributed by atoms with E-state index in [1.54, 1.807) is 0 Å². The zero-order chi connectivity index (χ0) is 17.6. The molecular weight excluding hydrogens is 314 g/mol. The van der Waals surface area contributed by atoms with Crippen molar-refractivity contribution in [2.45, 2.75) is 18.7 Å². The summed E-state index contributed by atoms with van der Waals surface area (Å²) < 4.78 is 2.40. The molecule has 2 aromatic carbocycles. The lowest BCUT2D eigenvalue weighted by Crippen LogP contribution is -2.23. The van der Waals surface area contributed by atoms with E-state index in [4.69, 9.17) is 11.5 Å². The van der Waals surface area contributed by atoms with Crippen LogP contribution in [-0.4, -0.2) is 40.7 Å². The number of nitrogens with zero attached hydrogens (tertiary/aromatic N) is 3. The zero-order valence-corrected chi connectivity index (χ0v) is 14.3. The number of hydrogen-bond acceptors (Lipinski definition) is 3. The molecular formula is C19H23N5O. The van der Waals surface area contributed by atoms with E-state index in [2.05, 4.69) is 45.8 Å². The molecule has 0 bridgehead atoms. The number of para-hydroxylation sites is 1. The van der Waals surface area contributed by atoms with Gasteiger partial charge in [-0.15, -0.1) is 0 Å². The van der Waals surface area contributed by atoms with E-state index in [9.17, 15) is 5.11 Å². The van der Waals surface area contributed by atoms with Crippen molar-refractivity contribution in [3.63, 3.8) is 0 Å². The Kier molecular flexibility index (Phi) is 3.86. The van der Waals surface area contributed by atoms with Crippen molar-refractivity contribution < 1.29 is 5.11 Å². The number of aliphatic imine (C=N–C) groups is 1. The topological polar surface area (TPSA) is 92.8 Å². The van der Waals surface area contributed by atoms with Gasteiger partial charge in [-0.1, -0.05) is 30.3 Å². The molecule has 2 atom stereocenters. The molecule has 0 aliphatic carbocycles. The first-order valence-electron chi connectivity index (χ1n) is 8.52. The first-order chi connectivity index (χ1) is 12.0. The molecule has 1 saturated heterocycles. The highest BCUT2D eigenvalue weighted by atomic mass is 16.3. The molecule has 0 amide bonds. The van der Waals surface area contributed by atoms with Crippen LogP contribution in [0.4, 0.5) is 0 Å². The number of likely N-dealkylation sites (tertiary alicyclic amines) is 1. The Labute approximate surface area is 146 Å². The average molecular weight is 337 g/mol. The fourth-order valence-electron chi connectivity index (χ4n) is 3.91. The van der Waals surface area contributed by atoms with Gasteiger partial charge in [0, 0.05) is 40.0 Å². The van der Waals surface area contributed by atoms with Gasteiger partial charge in [-0.05, 0) is 32.1 Å². The minimum atomic E-state index is -1.05. The Morgan fingerprint density at radius 1 is 1.16 bits per heavy atom. The molecule has 0 saturated carbocycles. The van der Waals surface area contributed by atoms with Crippen molar-refractivity contribution >= 4 is 27.8 Å². The maximum absolute atomic E-state index is 10.3. The standard InChI is InChI=1S/C19H23N5O/c1-23-9-8-13(11-23)24-16-5-3-2-4-14(16)15-7-6-12(10-17(15)24)18(25)22-19(20)21/h2-7,10,13,18,25H,8-9,11H2,1H3,(H4,20,21,22). The lowest BCUT2D eigenvalue weighted by molar-refractivity contribution is 0.188. The van der Waals surface area contributed by atoms with E-state index in [-0.39, 0.29) is 5.96 Å². The van der Waals surface area contributed by atoms with Gasteiger partial charge in [0.15, 0.2) is 12.2 Å². The minimum Gasteiger partial charge on any atom is -0.370 e. The van der Waals surface area contributed by atoms with Crippen molar-refractivity contribution in [2.75, 3.05) is 20.1 Å². The van der Waals surface area contributed by atoms with E-state index in [0.717, 1.165) is 25.0 Å². The van der Waals surface area contributed by atoms with Gasteiger partial charge in [0.25, 0.3) is 0 Å². The van der Waals surface area contributed by atoms with Gasteiger partial charge < -0.3 is 26.0 Å². The third kappa shape index (κ3) is 2.73. The van der Waals surface area contributed by atoms with Crippen molar-refractivity contribution in [3.05, 3.63) is 48.0 Å². The average Bonchev–Trinajstić information content (AvgIpc) is 3.14. The van der Waals surface area contributed by atoms with Crippen LogP contribution in [0.25, 0.3) is 21.8 Å². The Bertz CT molecular complexity index is 957. The molecule has 1 aliphatic rings. The Morgan fingerprint density at radius 3 is 2.64 bits per heavy atom. The molecule has 5 N–H and O–H groups in total. The van der Waals surface area contributed by atoms with Crippen LogP contribution in [0.5, 0.6) is 0 Å². The molecule has 3 aromatic rings. The Morgan fingerprint density at radius 2 is 1.92 bits per heavy atom. The predicted molar refractivity (Wildman–Crippen MR) is 101 cm³/mol. The first-order valence-corrected chi connectivity index (χ1v) is 8.52. The van der Waals surface area contributed by atoms with Crippen LogP contribution in [0.1, 0.15) is 24.3 Å². The maximum atomic E-state index is 10.3. The van der Waals surface area contributed by atoms with Gasteiger partial charge in [-0.25, -0.2) is 4.99 Å². The van der Waals surface area contributed by atoms with Crippen molar-refractivity contribution in [2.24, 2.45) is 16.5 Å². The minimum absolute atomic E-state index is 0.120. The molecule has 1 fully saturated rings. The fraction of sp³-hybridized carbons (Fsp3) is 0.316. The Hall–Kier alpha value is -2.57. The monoisotopic (exact) mass is 337 g/mol. The molecule has 25 heavy (non-hydrogen) atoms. The molecule has 2 heterocycles. The van der Waals surface area contributed by atoms with Crippen LogP contribution < -0.4 is 11.5 Å². The number of nitrogens with two attached hydrogens (primary N) is 2. The quantitative estimate of drug-likeness (QED) is 0.503. The lowest BCUT2D eigenvalue weighted by Gasteiger charge is -2.17. The van der Waals surface area contributed by atoms with Crippen molar-refractivity contribution in [3.8, 4) is 0 Å². The van der Waals surface area contributed by atoms with Crippen LogP contribution in [0, 0.1) is 0 Å². The van der Waals surface area contributed by atoms with Gasteiger partial charge in [0.2, 0.25) is 0 Å². The van der Waals surface area contributed by atoms with Gasteiger partial charge in [0.1, 0.15) is 0 Å². The number of fused-ring (bicyclic) bond motifs is 3. The van der Waals surface area contributed by atoms with Crippen molar-refractivity contribution in [1.82, 2.24) is 9.47 Å². The summed E-state index contributed by atoms with van der Waals surface area (Å²) in [5, 5.41) is 12.7. The number of benzene rings is 2. The number of hydrogen-bond donors (Lipinski definition) is 3. The predicted octanol–water partition coefficient (Wildman–Crippen LogP) is 1.94. The highest BCUT2D eigenvalue weighted by Gasteiger charge is 2.25. The molecule has 1 aromatic heterocycles. The summed E-state index contributed by atoms with van der Waals surface area (Å²) in [7, 11) is 2.15. The van der Waals surface area contributed by atoms with Crippen LogP contribution in [-0.2, 0) is 0 Å². The summed E-state index contributed by atoms with van der Waals surface area (Å²) in [4.78, 5) is 6.21. The molecule has 0 radical (unpaired) electrons. The highest BCUT2D eigenvalue weighted by molar-refractivity contribution is 6.08. The Balaban J connectivity index is 1.94. The lowest BCUT2D eigenvalue weighted by atomic mass is 10.1. The summed E-state index contributed by atoms with van der Waals surface area (Å²) in [6.07, 6.45) is 0.0671. The summed E-state index contributed by atoms with van der Waals surface area (Å²) in [6.45, 7) is 2.11. The normalized spacial score (nSPS) is 19.5. The number of rotatable bonds is 3. The molecule has 130 valence electrons. The summed E-state index contributed by atoms with van der Waals surface area (Å²) in [6, 6.07) is 14.8. The van der Waals surface area contributed by atoms with E-state index in [0.29, 0.717) is 11.6 Å². The molecule has 6 heteroatoms. The maximum Gasteiger partial charge on any atom is 0.188 e. The number of aromatic nitrogens is 1. The zero-order valence-electron chi connectivity index (χ0n) is 14.3. The highest BCUT2D eigenvalue weighted by Crippen LogP contribution is 2.36.